The molecule has 2 fully saturated rings. The van der Waals surface area contributed by atoms with Crippen LogP contribution >= 0.6 is 0 Å². The molecule has 2 aliphatic rings. The molecule has 2 unspecified atom stereocenters. The Balaban J connectivity index is 2.00. The van der Waals surface area contributed by atoms with E-state index in [1.807, 2.05) is 7.05 Å². The van der Waals surface area contributed by atoms with Gasteiger partial charge in [0.25, 0.3) is 0 Å². The van der Waals surface area contributed by atoms with Crippen molar-refractivity contribution in [2.75, 3.05) is 20.2 Å². The van der Waals surface area contributed by atoms with E-state index in [1.165, 1.54) is 0 Å². The molecule has 0 amide bonds. The number of rotatable bonds is 4. The molecule has 1 saturated heterocycles. The zero-order valence-corrected chi connectivity index (χ0v) is 10.8. The highest BCUT2D eigenvalue weighted by atomic mass is 16.5. The van der Waals surface area contributed by atoms with Gasteiger partial charge in [-0.05, 0) is 33.2 Å². The molecule has 4 heteroatoms. The first kappa shape index (κ1) is 12.8. The molecule has 2 atom stereocenters. The van der Waals surface area contributed by atoms with E-state index < -0.39 is 11.4 Å². The molecule has 1 N–H and O–H groups in total. The number of aliphatic carboxylic acids is 1. The van der Waals surface area contributed by atoms with Crippen molar-refractivity contribution in [1.82, 2.24) is 4.90 Å². The Morgan fingerprint density at radius 2 is 2.12 bits per heavy atom. The smallest absolute Gasteiger partial charge is 0.310 e. The molecule has 1 saturated carbocycles. The van der Waals surface area contributed by atoms with Crippen molar-refractivity contribution in [1.29, 1.82) is 0 Å². The maximum Gasteiger partial charge on any atom is 0.310 e. The average Bonchev–Trinajstić information content (AvgIpc) is 2.87. The van der Waals surface area contributed by atoms with E-state index in [4.69, 9.17) is 4.74 Å². The second-order valence-corrected chi connectivity index (χ2v) is 5.64. The molecule has 17 heavy (non-hydrogen) atoms. The Morgan fingerprint density at radius 3 is 2.59 bits per heavy atom. The van der Waals surface area contributed by atoms with Crippen molar-refractivity contribution in [3.8, 4) is 0 Å². The van der Waals surface area contributed by atoms with Crippen LogP contribution in [-0.2, 0) is 9.53 Å². The van der Waals surface area contributed by atoms with Gasteiger partial charge in [-0.15, -0.1) is 0 Å². The fraction of sp³-hybridized carbons (Fsp3) is 0.923. The summed E-state index contributed by atoms with van der Waals surface area (Å²) in [4.78, 5) is 13.7. The minimum atomic E-state index is -0.617. The molecule has 0 bridgehead atoms. The molecular weight excluding hydrogens is 218 g/mol. The van der Waals surface area contributed by atoms with Gasteiger partial charge in [0, 0.05) is 19.2 Å². The molecule has 1 aliphatic heterocycles. The third-order valence-corrected chi connectivity index (χ3v) is 4.47. The minimum Gasteiger partial charge on any atom is -0.481 e. The monoisotopic (exact) mass is 241 g/mol. The lowest BCUT2D eigenvalue weighted by atomic mass is 9.85. The third kappa shape index (κ3) is 2.47. The predicted molar refractivity (Wildman–Crippen MR) is 65.0 cm³/mol. The van der Waals surface area contributed by atoms with E-state index in [1.54, 1.807) is 0 Å². The predicted octanol–water partition coefficient (Wildman–Crippen LogP) is 1.74. The van der Waals surface area contributed by atoms with Gasteiger partial charge < -0.3 is 9.84 Å². The number of carboxylic acid groups (broad SMARTS) is 1. The Bertz CT molecular complexity index is 286. The van der Waals surface area contributed by atoms with Crippen LogP contribution in [0.1, 0.15) is 39.0 Å². The number of ether oxygens (including phenoxy) is 1. The first-order chi connectivity index (χ1) is 8.05. The van der Waals surface area contributed by atoms with Crippen molar-refractivity contribution < 1.29 is 14.6 Å². The van der Waals surface area contributed by atoms with E-state index in [-0.39, 0.29) is 6.10 Å². The zero-order chi connectivity index (χ0) is 12.5. The molecule has 0 aromatic heterocycles. The van der Waals surface area contributed by atoms with Crippen LogP contribution in [-0.4, -0.2) is 48.3 Å². The Morgan fingerprint density at radius 1 is 1.47 bits per heavy atom. The van der Waals surface area contributed by atoms with Gasteiger partial charge >= 0.3 is 5.97 Å². The molecule has 0 aromatic rings. The summed E-state index contributed by atoms with van der Waals surface area (Å²) < 4.78 is 5.56. The van der Waals surface area contributed by atoms with Crippen LogP contribution in [0.15, 0.2) is 0 Å². The van der Waals surface area contributed by atoms with Gasteiger partial charge in [-0.2, -0.15) is 0 Å². The topological polar surface area (TPSA) is 49.8 Å². The molecule has 1 heterocycles. The molecule has 0 radical (unpaired) electrons. The lowest BCUT2D eigenvalue weighted by Crippen LogP contribution is -2.46. The number of hydrogen-bond donors (Lipinski definition) is 1. The van der Waals surface area contributed by atoms with Gasteiger partial charge in [0.15, 0.2) is 0 Å². The summed E-state index contributed by atoms with van der Waals surface area (Å²) >= 11 is 0. The standard InChI is InChI=1S/C13H23NO3/c1-10-11(5-8-17-10)14(2)9-13(12(15)16)6-3-4-7-13/h10-11H,3-9H2,1-2H3,(H,15,16). The first-order valence-electron chi connectivity index (χ1n) is 6.60. The van der Waals surface area contributed by atoms with Crippen LogP contribution in [0.25, 0.3) is 0 Å². The minimum absolute atomic E-state index is 0.229. The van der Waals surface area contributed by atoms with Gasteiger partial charge in [-0.25, -0.2) is 0 Å². The summed E-state index contributed by atoms with van der Waals surface area (Å²) in [5, 5.41) is 9.46. The Labute approximate surface area is 103 Å². The summed E-state index contributed by atoms with van der Waals surface area (Å²) in [7, 11) is 2.04. The molecule has 0 spiro atoms. The quantitative estimate of drug-likeness (QED) is 0.814. The fourth-order valence-electron chi connectivity index (χ4n) is 3.39. The number of carboxylic acids is 1. The van der Waals surface area contributed by atoms with E-state index in [0.717, 1.165) is 38.7 Å². The summed E-state index contributed by atoms with van der Waals surface area (Å²) in [6, 6.07) is 0.381. The first-order valence-corrected chi connectivity index (χ1v) is 6.60. The van der Waals surface area contributed by atoms with Gasteiger partial charge in [0.1, 0.15) is 0 Å². The summed E-state index contributed by atoms with van der Waals surface area (Å²) in [6.45, 7) is 3.55. The number of hydrogen-bond acceptors (Lipinski definition) is 3. The van der Waals surface area contributed by atoms with Gasteiger partial charge in [-0.3, -0.25) is 9.69 Å². The van der Waals surface area contributed by atoms with Crippen LogP contribution in [0.2, 0.25) is 0 Å². The average molecular weight is 241 g/mol. The van der Waals surface area contributed by atoms with E-state index in [9.17, 15) is 9.90 Å². The largest absolute Gasteiger partial charge is 0.481 e. The Kier molecular flexibility index (Phi) is 3.73. The molecule has 4 nitrogen and oxygen atoms in total. The molecule has 0 aromatic carbocycles. The number of nitrogens with zero attached hydrogens (tertiary/aromatic N) is 1. The highest BCUT2D eigenvalue weighted by molar-refractivity contribution is 5.75. The van der Waals surface area contributed by atoms with Crippen molar-refractivity contribution in [3.05, 3.63) is 0 Å². The Hall–Kier alpha value is -0.610. The highest BCUT2D eigenvalue weighted by Gasteiger charge is 2.43. The second kappa shape index (κ2) is 4.94. The van der Waals surface area contributed by atoms with Crippen molar-refractivity contribution in [2.45, 2.75) is 51.2 Å². The zero-order valence-electron chi connectivity index (χ0n) is 10.8. The maximum atomic E-state index is 11.5. The van der Waals surface area contributed by atoms with Crippen LogP contribution < -0.4 is 0 Å². The summed E-state index contributed by atoms with van der Waals surface area (Å²) in [6.07, 6.45) is 5.01. The van der Waals surface area contributed by atoms with Crippen LogP contribution in [0, 0.1) is 5.41 Å². The number of likely N-dealkylation sites (N-methyl/N-ethyl adjacent to an activating group) is 1. The van der Waals surface area contributed by atoms with E-state index in [0.29, 0.717) is 12.6 Å². The van der Waals surface area contributed by atoms with Crippen LogP contribution in [0.3, 0.4) is 0 Å². The summed E-state index contributed by atoms with van der Waals surface area (Å²) in [5.41, 5.74) is -0.503. The van der Waals surface area contributed by atoms with Gasteiger partial charge in [-0.1, -0.05) is 12.8 Å². The fourth-order valence-corrected chi connectivity index (χ4v) is 3.39. The highest BCUT2D eigenvalue weighted by Crippen LogP contribution is 2.39. The van der Waals surface area contributed by atoms with E-state index in [2.05, 4.69) is 11.8 Å². The van der Waals surface area contributed by atoms with Crippen molar-refractivity contribution >= 4 is 5.97 Å². The number of carbonyl (C=O) groups is 1. The normalized spacial score (nSPS) is 32.2. The lowest BCUT2D eigenvalue weighted by molar-refractivity contribution is -0.150. The molecule has 1 aliphatic carbocycles. The second-order valence-electron chi connectivity index (χ2n) is 5.64. The van der Waals surface area contributed by atoms with Crippen molar-refractivity contribution in [3.63, 3.8) is 0 Å². The van der Waals surface area contributed by atoms with E-state index >= 15 is 0 Å². The molecule has 2 rings (SSSR count). The molecular formula is C13H23NO3. The summed E-state index contributed by atoms with van der Waals surface area (Å²) in [5.74, 6) is -0.617. The third-order valence-electron chi connectivity index (χ3n) is 4.47. The SMILES string of the molecule is CC1OCCC1N(C)CC1(C(=O)O)CCCC1. The van der Waals surface area contributed by atoms with Crippen molar-refractivity contribution in [2.24, 2.45) is 5.41 Å². The van der Waals surface area contributed by atoms with Gasteiger partial charge in [0.2, 0.25) is 0 Å². The van der Waals surface area contributed by atoms with Gasteiger partial charge in [0.05, 0.1) is 11.5 Å². The maximum absolute atomic E-state index is 11.5. The molecule has 98 valence electrons. The van der Waals surface area contributed by atoms with Crippen LogP contribution in [0.5, 0.6) is 0 Å². The lowest BCUT2D eigenvalue weighted by Gasteiger charge is -2.34. The van der Waals surface area contributed by atoms with Crippen LogP contribution in [0.4, 0.5) is 0 Å².